The standard InChI is InChI=1S/C9H8BrFINO/c10-8-6(2-1-3-7(8)11)9(14)13-5-4-12/h1-3H,4-5H2,(H,13,14). The highest BCUT2D eigenvalue weighted by Gasteiger charge is 2.11. The van der Waals surface area contributed by atoms with Gasteiger partial charge in [0, 0.05) is 11.0 Å². The fraction of sp³-hybridized carbons (Fsp3) is 0.222. The molecule has 1 aromatic rings. The topological polar surface area (TPSA) is 29.1 Å². The molecule has 0 aliphatic heterocycles. The van der Waals surface area contributed by atoms with Crippen molar-refractivity contribution in [2.75, 3.05) is 11.0 Å². The van der Waals surface area contributed by atoms with Crippen molar-refractivity contribution in [3.63, 3.8) is 0 Å². The van der Waals surface area contributed by atoms with Crippen LogP contribution in [0.3, 0.4) is 0 Å². The van der Waals surface area contributed by atoms with Gasteiger partial charge in [0.05, 0.1) is 10.0 Å². The third kappa shape index (κ3) is 2.91. The molecule has 0 aromatic heterocycles. The molecule has 0 fully saturated rings. The van der Waals surface area contributed by atoms with Crippen LogP contribution < -0.4 is 5.32 Å². The van der Waals surface area contributed by atoms with E-state index in [9.17, 15) is 9.18 Å². The van der Waals surface area contributed by atoms with Crippen LogP contribution in [0.2, 0.25) is 0 Å². The molecular weight excluding hydrogens is 364 g/mol. The van der Waals surface area contributed by atoms with Crippen molar-refractivity contribution in [3.8, 4) is 0 Å². The maximum atomic E-state index is 13.0. The predicted molar refractivity (Wildman–Crippen MR) is 65.3 cm³/mol. The molecule has 0 saturated carbocycles. The number of carbonyl (C=O) groups is 1. The van der Waals surface area contributed by atoms with E-state index in [4.69, 9.17) is 0 Å². The lowest BCUT2D eigenvalue weighted by Crippen LogP contribution is -2.25. The molecule has 0 heterocycles. The Morgan fingerprint density at radius 2 is 2.29 bits per heavy atom. The van der Waals surface area contributed by atoms with Crippen molar-refractivity contribution >= 4 is 44.4 Å². The van der Waals surface area contributed by atoms with Gasteiger partial charge in [-0.15, -0.1) is 0 Å². The van der Waals surface area contributed by atoms with Gasteiger partial charge >= 0.3 is 0 Å². The first-order valence-electron chi connectivity index (χ1n) is 3.95. The summed E-state index contributed by atoms with van der Waals surface area (Å²) in [6, 6.07) is 4.40. The molecule has 5 heteroatoms. The highest BCUT2D eigenvalue weighted by Crippen LogP contribution is 2.19. The minimum atomic E-state index is -0.424. The summed E-state index contributed by atoms with van der Waals surface area (Å²) < 4.78 is 14.1. The maximum Gasteiger partial charge on any atom is 0.252 e. The van der Waals surface area contributed by atoms with E-state index >= 15 is 0 Å². The maximum absolute atomic E-state index is 13.0. The Kier molecular flexibility index (Phi) is 4.80. The summed E-state index contributed by atoms with van der Waals surface area (Å²) in [5.41, 5.74) is 0.329. The number of nitrogens with one attached hydrogen (secondary N) is 1. The van der Waals surface area contributed by atoms with Crippen molar-refractivity contribution in [2.24, 2.45) is 0 Å². The van der Waals surface area contributed by atoms with E-state index in [1.807, 2.05) is 0 Å². The number of carbonyl (C=O) groups excluding carboxylic acids is 1. The average Bonchev–Trinajstić information content (AvgIpc) is 2.18. The predicted octanol–water partition coefficient (Wildman–Crippen LogP) is 2.75. The first-order valence-corrected chi connectivity index (χ1v) is 6.27. The van der Waals surface area contributed by atoms with Crippen LogP contribution in [-0.2, 0) is 0 Å². The molecular formula is C9H8BrFINO. The van der Waals surface area contributed by atoms with Crippen molar-refractivity contribution in [3.05, 3.63) is 34.1 Å². The second kappa shape index (κ2) is 5.65. The fourth-order valence-electron chi connectivity index (χ4n) is 0.935. The van der Waals surface area contributed by atoms with E-state index in [1.54, 1.807) is 6.07 Å². The fourth-order valence-corrected chi connectivity index (χ4v) is 1.65. The normalized spacial score (nSPS) is 9.93. The van der Waals surface area contributed by atoms with Crippen molar-refractivity contribution in [1.29, 1.82) is 0 Å². The lowest BCUT2D eigenvalue weighted by Gasteiger charge is -2.05. The van der Waals surface area contributed by atoms with Gasteiger partial charge in [-0.2, -0.15) is 0 Å². The Morgan fingerprint density at radius 1 is 1.57 bits per heavy atom. The summed E-state index contributed by atoms with van der Waals surface area (Å²) in [6.07, 6.45) is 0. The number of alkyl halides is 1. The van der Waals surface area contributed by atoms with Gasteiger partial charge in [0.1, 0.15) is 5.82 Å². The average molecular weight is 372 g/mol. The Hall–Kier alpha value is -0.170. The summed E-state index contributed by atoms with van der Waals surface area (Å²) in [6.45, 7) is 0.586. The Morgan fingerprint density at radius 3 is 2.93 bits per heavy atom. The SMILES string of the molecule is O=C(NCCI)c1cccc(F)c1Br. The van der Waals surface area contributed by atoms with Gasteiger partial charge in [-0.1, -0.05) is 28.7 Å². The summed E-state index contributed by atoms with van der Waals surface area (Å²) in [7, 11) is 0. The Bertz CT molecular complexity index is 346. The lowest BCUT2D eigenvalue weighted by molar-refractivity contribution is 0.0955. The second-order valence-corrected chi connectivity index (χ2v) is 4.42. The van der Waals surface area contributed by atoms with Crippen LogP contribution in [0.4, 0.5) is 4.39 Å². The smallest absolute Gasteiger partial charge is 0.252 e. The second-order valence-electron chi connectivity index (χ2n) is 2.55. The zero-order valence-corrected chi connectivity index (χ0v) is 10.9. The molecule has 0 aliphatic carbocycles. The molecule has 1 amide bonds. The zero-order valence-electron chi connectivity index (χ0n) is 7.19. The van der Waals surface area contributed by atoms with Gasteiger partial charge in [0.15, 0.2) is 0 Å². The molecule has 0 unspecified atom stereocenters. The highest BCUT2D eigenvalue weighted by atomic mass is 127. The van der Waals surface area contributed by atoms with Gasteiger partial charge in [0.2, 0.25) is 0 Å². The van der Waals surface area contributed by atoms with E-state index in [0.717, 1.165) is 4.43 Å². The number of hydrogen-bond acceptors (Lipinski definition) is 1. The lowest BCUT2D eigenvalue weighted by atomic mass is 10.2. The van der Waals surface area contributed by atoms with Crippen LogP contribution in [0.25, 0.3) is 0 Å². The van der Waals surface area contributed by atoms with Crippen LogP contribution >= 0.6 is 38.5 Å². The Labute approximate surface area is 104 Å². The third-order valence-electron chi connectivity index (χ3n) is 1.58. The number of halogens is 3. The monoisotopic (exact) mass is 371 g/mol. The molecule has 0 spiro atoms. The largest absolute Gasteiger partial charge is 0.351 e. The minimum absolute atomic E-state index is 0.214. The summed E-state index contributed by atoms with van der Waals surface area (Å²) in [5, 5.41) is 2.67. The van der Waals surface area contributed by atoms with Crippen LogP contribution in [0.5, 0.6) is 0 Å². The van der Waals surface area contributed by atoms with Gasteiger partial charge in [0.25, 0.3) is 5.91 Å². The molecule has 0 bridgehead atoms. The molecule has 1 aromatic carbocycles. The summed E-state index contributed by atoms with van der Waals surface area (Å²) in [5.74, 6) is -0.680. The molecule has 0 aliphatic rings. The minimum Gasteiger partial charge on any atom is -0.351 e. The van der Waals surface area contributed by atoms with E-state index in [1.165, 1.54) is 12.1 Å². The summed E-state index contributed by atoms with van der Waals surface area (Å²) in [4.78, 5) is 11.5. The third-order valence-corrected chi connectivity index (χ3v) is 2.92. The van der Waals surface area contributed by atoms with Gasteiger partial charge in [-0.05, 0) is 28.1 Å². The summed E-state index contributed by atoms with van der Waals surface area (Å²) >= 11 is 5.19. The number of amides is 1. The molecule has 0 atom stereocenters. The first-order chi connectivity index (χ1) is 6.66. The van der Waals surface area contributed by atoms with Crippen molar-refractivity contribution in [1.82, 2.24) is 5.32 Å². The Balaban J connectivity index is 2.84. The molecule has 2 nitrogen and oxygen atoms in total. The van der Waals surface area contributed by atoms with E-state index in [0.29, 0.717) is 12.1 Å². The van der Waals surface area contributed by atoms with Crippen LogP contribution in [0, 0.1) is 5.82 Å². The van der Waals surface area contributed by atoms with E-state index in [-0.39, 0.29) is 10.4 Å². The van der Waals surface area contributed by atoms with Gasteiger partial charge < -0.3 is 5.32 Å². The quantitative estimate of drug-likeness (QED) is 0.642. The van der Waals surface area contributed by atoms with Gasteiger partial charge in [-0.3, -0.25) is 4.79 Å². The van der Waals surface area contributed by atoms with Crippen molar-refractivity contribution < 1.29 is 9.18 Å². The molecule has 1 N–H and O–H groups in total. The molecule has 1 rings (SSSR count). The highest BCUT2D eigenvalue weighted by molar-refractivity contribution is 14.1. The van der Waals surface area contributed by atoms with E-state index < -0.39 is 5.82 Å². The number of benzene rings is 1. The van der Waals surface area contributed by atoms with E-state index in [2.05, 4.69) is 43.8 Å². The van der Waals surface area contributed by atoms with Crippen LogP contribution in [0.15, 0.2) is 22.7 Å². The first kappa shape index (κ1) is 11.9. The van der Waals surface area contributed by atoms with Crippen LogP contribution in [0.1, 0.15) is 10.4 Å². The molecule has 0 saturated heterocycles. The molecule has 0 radical (unpaired) electrons. The van der Waals surface area contributed by atoms with Gasteiger partial charge in [-0.25, -0.2) is 4.39 Å². The zero-order chi connectivity index (χ0) is 10.6. The molecule has 14 heavy (non-hydrogen) atoms. The number of hydrogen-bond donors (Lipinski definition) is 1. The molecule has 76 valence electrons. The van der Waals surface area contributed by atoms with Crippen molar-refractivity contribution in [2.45, 2.75) is 0 Å². The van der Waals surface area contributed by atoms with Crippen LogP contribution in [-0.4, -0.2) is 16.9 Å². The number of rotatable bonds is 3.